The number of furan rings is 1. The van der Waals surface area contributed by atoms with E-state index in [4.69, 9.17) is 4.42 Å². The zero-order chi connectivity index (χ0) is 28.4. The van der Waals surface area contributed by atoms with Gasteiger partial charge in [-0.3, -0.25) is 0 Å². The number of anilines is 3. The molecule has 0 N–H and O–H groups in total. The van der Waals surface area contributed by atoms with E-state index in [1.165, 1.54) is 64.8 Å². The lowest BCUT2D eigenvalue weighted by Gasteiger charge is -2.28. The van der Waals surface area contributed by atoms with Gasteiger partial charge >= 0.3 is 0 Å². The fraction of sp³-hybridized carbons (Fsp3) is 0.122. The lowest BCUT2D eigenvalue weighted by molar-refractivity contribution is 0.550. The van der Waals surface area contributed by atoms with Crippen LogP contribution in [0.1, 0.15) is 36.8 Å². The normalized spacial score (nSPS) is 14.8. The highest BCUT2D eigenvalue weighted by Gasteiger charge is 2.44. The van der Waals surface area contributed by atoms with Gasteiger partial charge in [-0.1, -0.05) is 104 Å². The molecule has 0 bridgehead atoms. The van der Waals surface area contributed by atoms with Crippen molar-refractivity contribution in [3.63, 3.8) is 0 Å². The number of hydrogen-bond donors (Lipinski definition) is 0. The Kier molecular flexibility index (Phi) is 5.40. The third-order valence-corrected chi connectivity index (χ3v) is 9.82. The molecular formula is C41H31NO. The van der Waals surface area contributed by atoms with Crippen LogP contribution in [0.3, 0.4) is 0 Å². The van der Waals surface area contributed by atoms with Gasteiger partial charge in [0.25, 0.3) is 0 Å². The Morgan fingerprint density at radius 2 is 1.09 bits per heavy atom. The summed E-state index contributed by atoms with van der Waals surface area (Å²) in [4.78, 5) is 2.40. The number of hydrogen-bond acceptors (Lipinski definition) is 2. The third-order valence-electron chi connectivity index (χ3n) is 9.82. The topological polar surface area (TPSA) is 16.4 Å². The fourth-order valence-electron chi connectivity index (χ4n) is 7.84. The minimum Gasteiger partial charge on any atom is -0.456 e. The SMILES string of the molecule is c1ccc(-c2ccc(N(c3ccc4c(c3)-c3ccccc3C43CCCC3)c3ccc4oc5ccccc5c4c3)cc2)cc1. The van der Waals surface area contributed by atoms with Crippen molar-refractivity contribution in [2.45, 2.75) is 31.1 Å². The molecule has 0 radical (unpaired) electrons. The van der Waals surface area contributed by atoms with Crippen molar-refractivity contribution in [2.24, 2.45) is 0 Å². The first-order valence-electron chi connectivity index (χ1n) is 15.4. The Morgan fingerprint density at radius 3 is 1.95 bits per heavy atom. The Morgan fingerprint density at radius 1 is 0.465 bits per heavy atom. The Hall–Kier alpha value is -5.08. The fourth-order valence-corrected chi connectivity index (χ4v) is 7.84. The van der Waals surface area contributed by atoms with Gasteiger partial charge in [0.15, 0.2) is 0 Å². The molecule has 7 aromatic rings. The van der Waals surface area contributed by atoms with E-state index in [9.17, 15) is 0 Å². The van der Waals surface area contributed by atoms with E-state index in [1.807, 2.05) is 12.1 Å². The standard InChI is InChI=1S/C41H31NO/c1-2-10-28(11-3-1)29-16-18-30(19-17-29)42(32-21-23-40-36(27-32)34-13-5-7-15-39(34)43-40)31-20-22-38-35(26-31)33-12-4-6-14-37(33)41(38)24-8-9-25-41/h1-7,10-23,26-27H,8-9,24-25H2. The van der Waals surface area contributed by atoms with Crippen molar-refractivity contribution in [1.82, 2.24) is 0 Å². The predicted octanol–water partition coefficient (Wildman–Crippen LogP) is 11.6. The molecular weight excluding hydrogens is 522 g/mol. The van der Waals surface area contributed by atoms with E-state index in [0.717, 1.165) is 33.3 Å². The van der Waals surface area contributed by atoms with Crippen molar-refractivity contribution in [3.8, 4) is 22.3 Å². The second-order valence-electron chi connectivity index (χ2n) is 12.1. The highest BCUT2D eigenvalue weighted by Crippen LogP contribution is 2.57. The predicted molar refractivity (Wildman–Crippen MR) is 179 cm³/mol. The maximum atomic E-state index is 6.20. The lowest BCUT2D eigenvalue weighted by atomic mass is 9.77. The maximum Gasteiger partial charge on any atom is 0.135 e. The summed E-state index contributed by atoms with van der Waals surface area (Å²) >= 11 is 0. The van der Waals surface area contributed by atoms with Crippen LogP contribution < -0.4 is 4.90 Å². The molecule has 1 saturated carbocycles. The summed E-state index contributed by atoms with van der Waals surface area (Å²) in [5, 5.41) is 2.28. The molecule has 9 rings (SSSR count). The van der Waals surface area contributed by atoms with Crippen molar-refractivity contribution < 1.29 is 4.42 Å². The molecule has 206 valence electrons. The van der Waals surface area contributed by atoms with Gasteiger partial charge in [0, 0.05) is 33.2 Å². The zero-order valence-electron chi connectivity index (χ0n) is 24.0. The van der Waals surface area contributed by atoms with Crippen molar-refractivity contribution in [3.05, 3.63) is 151 Å². The molecule has 0 saturated heterocycles. The van der Waals surface area contributed by atoms with Crippen molar-refractivity contribution in [1.29, 1.82) is 0 Å². The van der Waals surface area contributed by atoms with Crippen LogP contribution in [0.25, 0.3) is 44.2 Å². The first-order chi connectivity index (χ1) is 21.3. The summed E-state index contributed by atoms with van der Waals surface area (Å²) in [7, 11) is 0. The van der Waals surface area contributed by atoms with Crippen molar-refractivity contribution in [2.75, 3.05) is 4.90 Å². The molecule has 0 unspecified atom stereocenters. The molecule has 2 heteroatoms. The van der Waals surface area contributed by atoms with Gasteiger partial charge in [-0.05, 0) is 94.8 Å². The van der Waals surface area contributed by atoms with E-state index in [2.05, 4.69) is 132 Å². The zero-order valence-corrected chi connectivity index (χ0v) is 24.0. The quantitative estimate of drug-likeness (QED) is 0.215. The van der Waals surface area contributed by atoms with Crippen LogP contribution in [-0.4, -0.2) is 0 Å². The van der Waals surface area contributed by atoms with Crippen LogP contribution in [0.15, 0.2) is 144 Å². The van der Waals surface area contributed by atoms with Gasteiger partial charge in [-0.2, -0.15) is 0 Å². The van der Waals surface area contributed by atoms with Crippen LogP contribution in [0.5, 0.6) is 0 Å². The molecule has 2 aliphatic carbocycles. The highest BCUT2D eigenvalue weighted by atomic mass is 16.3. The molecule has 0 atom stereocenters. The van der Waals surface area contributed by atoms with Gasteiger partial charge in [0.2, 0.25) is 0 Å². The summed E-state index contributed by atoms with van der Waals surface area (Å²) in [5.41, 5.74) is 13.7. The summed E-state index contributed by atoms with van der Waals surface area (Å²) in [5.74, 6) is 0. The van der Waals surface area contributed by atoms with E-state index in [0.29, 0.717) is 0 Å². The molecule has 43 heavy (non-hydrogen) atoms. The average molecular weight is 554 g/mol. The van der Waals surface area contributed by atoms with Gasteiger partial charge in [0.05, 0.1) is 0 Å². The van der Waals surface area contributed by atoms with E-state index >= 15 is 0 Å². The monoisotopic (exact) mass is 553 g/mol. The second-order valence-corrected chi connectivity index (χ2v) is 12.1. The number of fused-ring (bicyclic) bond motifs is 8. The maximum absolute atomic E-state index is 6.20. The molecule has 2 nitrogen and oxygen atoms in total. The highest BCUT2D eigenvalue weighted by molar-refractivity contribution is 6.06. The number of rotatable bonds is 4. The third kappa shape index (κ3) is 3.73. The number of nitrogens with zero attached hydrogens (tertiary/aromatic N) is 1. The van der Waals surface area contributed by atoms with Crippen LogP contribution in [0.4, 0.5) is 17.1 Å². The van der Waals surface area contributed by atoms with E-state index in [-0.39, 0.29) is 5.41 Å². The Bertz CT molecular complexity index is 2130. The molecule has 1 fully saturated rings. The number of para-hydroxylation sites is 1. The van der Waals surface area contributed by atoms with Gasteiger partial charge in [0.1, 0.15) is 11.2 Å². The molecule has 0 amide bonds. The molecule has 1 aromatic heterocycles. The smallest absolute Gasteiger partial charge is 0.135 e. The minimum absolute atomic E-state index is 0.168. The molecule has 2 aliphatic rings. The average Bonchev–Trinajstić information content (AvgIpc) is 3.78. The van der Waals surface area contributed by atoms with Gasteiger partial charge < -0.3 is 9.32 Å². The molecule has 0 aliphatic heterocycles. The van der Waals surface area contributed by atoms with Crippen LogP contribution in [0, 0.1) is 0 Å². The summed E-state index contributed by atoms with van der Waals surface area (Å²) < 4.78 is 6.20. The first-order valence-corrected chi connectivity index (χ1v) is 15.4. The molecule has 1 heterocycles. The summed E-state index contributed by atoms with van der Waals surface area (Å²) in [6, 6.07) is 50.8. The first kappa shape index (κ1) is 24.5. The summed E-state index contributed by atoms with van der Waals surface area (Å²) in [6.45, 7) is 0. The van der Waals surface area contributed by atoms with Gasteiger partial charge in [-0.15, -0.1) is 0 Å². The summed E-state index contributed by atoms with van der Waals surface area (Å²) in [6.07, 6.45) is 5.08. The van der Waals surface area contributed by atoms with Crippen LogP contribution in [-0.2, 0) is 5.41 Å². The van der Waals surface area contributed by atoms with E-state index in [1.54, 1.807) is 0 Å². The minimum atomic E-state index is 0.168. The van der Waals surface area contributed by atoms with Crippen LogP contribution >= 0.6 is 0 Å². The number of benzene rings is 6. The lowest BCUT2D eigenvalue weighted by Crippen LogP contribution is -2.20. The molecule has 1 spiro atoms. The Labute approximate surface area is 251 Å². The van der Waals surface area contributed by atoms with Crippen molar-refractivity contribution >= 4 is 39.0 Å². The second kappa shape index (κ2) is 9.47. The largest absolute Gasteiger partial charge is 0.456 e. The Balaban J connectivity index is 1.23. The van der Waals surface area contributed by atoms with Gasteiger partial charge in [-0.25, -0.2) is 0 Å². The van der Waals surface area contributed by atoms with E-state index < -0.39 is 0 Å². The van der Waals surface area contributed by atoms with Crippen LogP contribution in [0.2, 0.25) is 0 Å². The molecule has 6 aromatic carbocycles.